The first-order chi connectivity index (χ1) is 25.6. The van der Waals surface area contributed by atoms with Crippen LogP contribution in [0.5, 0.6) is 5.75 Å². The Kier molecular flexibility index (Phi) is 9.78. The normalized spacial score (nSPS) is 31.8. The van der Waals surface area contributed by atoms with Crippen molar-refractivity contribution in [2.24, 2.45) is 22.1 Å². The third kappa shape index (κ3) is 6.85. The number of nitrogens with one attached hydrogen (secondary N) is 1. The van der Waals surface area contributed by atoms with E-state index in [0.717, 1.165) is 62.3 Å². The molecule has 282 valence electrons. The van der Waals surface area contributed by atoms with Gasteiger partial charge in [0.15, 0.2) is 0 Å². The zero-order valence-electron chi connectivity index (χ0n) is 31.3. The van der Waals surface area contributed by atoms with E-state index < -0.39 is 27.0 Å². The lowest BCUT2D eigenvalue weighted by Crippen LogP contribution is -2.49. The van der Waals surface area contributed by atoms with E-state index >= 15 is 0 Å². The number of aromatic nitrogens is 1. The van der Waals surface area contributed by atoms with Gasteiger partial charge in [0.25, 0.3) is 11.8 Å². The highest BCUT2D eigenvalue weighted by atomic mass is 32.2. The maximum atomic E-state index is 15.0. The van der Waals surface area contributed by atoms with Crippen molar-refractivity contribution in [3.05, 3.63) is 94.3 Å². The van der Waals surface area contributed by atoms with Crippen LogP contribution in [0.3, 0.4) is 0 Å². The van der Waals surface area contributed by atoms with Crippen molar-refractivity contribution in [2.75, 3.05) is 38.3 Å². The van der Waals surface area contributed by atoms with E-state index in [-0.39, 0.29) is 17.4 Å². The molecule has 2 bridgehead atoms. The number of carbonyl (C=O) groups excluding carboxylic acids is 2. The number of benzene rings is 2. The predicted molar refractivity (Wildman–Crippen MR) is 206 cm³/mol. The molecule has 2 aliphatic carbocycles. The summed E-state index contributed by atoms with van der Waals surface area (Å²) < 4.78 is 42.5. The highest BCUT2D eigenvalue weighted by Gasteiger charge is 2.44. The monoisotopic (exact) mass is 740 g/mol. The Morgan fingerprint density at radius 2 is 2.00 bits per heavy atom. The summed E-state index contributed by atoms with van der Waals surface area (Å²) in [6.45, 7) is 9.67. The van der Waals surface area contributed by atoms with Gasteiger partial charge in [0.05, 0.1) is 42.4 Å². The number of allylic oxidation sites excluding steroid dienone is 1. The number of aryl methyl sites for hydroxylation is 2. The van der Waals surface area contributed by atoms with E-state index in [0.29, 0.717) is 55.7 Å². The van der Waals surface area contributed by atoms with Crippen molar-refractivity contribution >= 4 is 27.4 Å². The second kappa shape index (κ2) is 14.4. The number of amides is 2. The van der Waals surface area contributed by atoms with Crippen molar-refractivity contribution in [1.82, 2.24) is 9.29 Å². The fourth-order valence-electron chi connectivity index (χ4n) is 9.19. The molecule has 1 spiro atoms. The van der Waals surface area contributed by atoms with E-state index in [9.17, 15) is 13.8 Å². The van der Waals surface area contributed by atoms with E-state index in [1.54, 1.807) is 25.4 Å². The number of rotatable bonds is 3. The largest absolute Gasteiger partial charge is 0.490 e. The maximum Gasteiger partial charge on any atom is 0.286 e. The number of methoxy groups -OCH3 is 1. The van der Waals surface area contributed by atoms with Crippen molar-refractivity contribution in [3.8, 4) is 5.75 Å². The first kappa shape index (κ1) is 36.1. The fourth-order valence-corrected chi connectivity index (χ4v) is 11.1. The summed E-state index contributed by atoms with van der Waals surface area (Å²) >= 11 is 0. The molecule has 3 aromatic rings. The third-order valence-electron chi connectivity index (χ3n) is 12.7. The Labute approximate surface area is 313 Å². The van der Waals surface area contributed by atoms with Gasteiger partial charge in [-0.25, -0.2) is 4.21 Å². The van der Waals surface area contributed by atoms with Crippen LogP contribution in [0, 0.1) is 24.7 Å². The van der Waals surface area contributed by atoms with Crippen molar-refractivity contribution < 1.29 is 28.0 Å². The summed E-state index contributed by atoms with van der Waals surface area (Å²) in [5.41, 5.74) is 6.23. The van der Waals surface area contributed by atoms with Crippen LogP contribution in [0.15, 0.2) is 65.2 Å². The molecule has 7 unspecified atom stereocenters. The first-order valence-corrected chi connectivity index (χ1v) is 20.8. The summed E-state index contributed by atoms with van der Waals surface area (Å²) in [4.78, 5) is 30.4. The van der Waals surface area contributed by atoms with Gasteiger partial charge in [0, 0.05) is 49.6 Å². The number of nitrogens with zero attached hydrogens (tertiary/aromatic N) is 3. The first-order valence-electron chi connectivity index (χ1n) is 19.3. The SMILES string of the molecule is COC1/C=C/CC(C)C(C)S(=O)(NC(=O)c2cc3n(c2)CCOC3)=NC(=O)c2ccc3c(c2)N(CC2CCC21)CC1(CCCc2cc(C)ccc21)CO3. The number of carbonyl (C=O) groups is 2. The molecule has 4 heterocycles. The van der Waals surface area contributed by atoms with Crippen LogP contribution < -0.4 is 14.4 Å². The standard InChI is InChI=1S/C42H52N4O6S/c1-27-10-14-36-30(19-27)8-6-16-42(36)25-46-22-32-11-13-35(32)38(50-4)9-5-7-28(2)29(3)53(49,43-40(47)31-12-15-39(52-26-42)37(46)21-31)44-41(48)33-20-34-24-51-18-17-45(34)23-33/h5,9-10,12,14-15,19-21,23,28-29,32,35,38H,6-8,11,13,16-18,22,24-26H2,1-4H3,(H,43,44,47,48,49)/b9-5+. The van der Waals surface area contributed by atoms with Crippen LogP contribution in [-0.4, -0.2) is 65.4 Å². The summed E-state index contributed by atoms with van der Waals surface area (Å²) in [5.74, 6) is 0.176. The van der Waals surface area contributed by atoms with Gasteiger partial charge in [-0.2, -0.15) is 0 Å². The summed E-state index contributed by atoms with van der Waals surface area (Å²) in [7, 11) is -1.81. The number of ether oxygens (including phenoxy) is 3. The highest BCUT2D eigenvalue weighted by molar-refractivity contribution is 7.93. The minimum absolute atomic E-state index is 0.0503. The molecule has 0 saturated heterocycles. The lowest BCUT2D eigenvalue weighted by atomic mass is 9.68. The molecule has 53 heavy (non-hydrogen) atoms. The van der Waals surface area contributed by atoms with Gasteiger partial charge >= 0.3 is 0 Å². The van der Waals surface area contributed by atoms with Gasteiger partial charge in [-0.15, -0.1) is 4.36 Å². The zero-order chi connectivity index (χ0) is 36.9. The zero-order valence-corrected chi connectivity index (χ0v) is 32.2. The molecule has 3 aliphatic heterocycles. The lowest BCUT2D eigenvalue weighted by molar-refractivity contribution is 0.0131. The van der Waals surface area contributed by atoms with Crippen molar-refractivity contribution in [3.63, 3.8) is 0 Å². The van der Waals surface area contributed by atoms with E-state index in [1.165, 1.54) is 16.7 Å². The quantitative estimate of drug-likeness (QED) is 0.295. The minimum atomic E-state index is -3.60. The summed E-state index contributed by atoms with van der Waals surface area (Å²) in [5, 5.41) is -0.638. The topological polar surface area (TPSA) is 111 Å². The fraction of sp³-hybridized carbons (Fsp3) is 0.524. The van der Waals surface area contributed by atoms with Gasteiger partial charge in [0.1, 0.15) is 15.7 Å². The Balaban J connectivity index is 1.20. The smallest absolute Gasteiger partial charge is 0.286 e. The van der Waals surface area contributed by atoms with Crippen LogP contribution in [0.1, 0.15) is 89.1 Å². The van der Waals surface area contributed by atoms with Gasteiger partial charge in [-0.05, 0) is 106 Å². The number of hydrogen-bond donors (Lipinski definition) is 1. The summed E-state index contributed by atoms with van der Waals surface area (Å²) in [6.07, 6.45) is 11.9. The van der Waals surface area contributed by atoms with Gasteiger partial charge in [-0.1, -0.05) is 42.8 Å². The Morgan fingerprint density at radius 3 is 2.79 bits per heavy atom. The van der Waals surface area contributed by atoms with Crippen molar-refractivity contribution in [1.29, 1.82) is 0 Å². The van der Waals surface area contributed by atoms with E-state index in [1.807, 2.05) is 30.5 Å². The second-order valence-electron chi connectivity index (χ2n) is 16.1. The lowest BCUT2D eigenvalue weighted by Gasteiger charge is -2.46. The molecule has 1 N–H and O–H groups in total. The third-order valence-corrected chi connectivity index (χ3v) is 15.1. The Hall–Kier alpha value is -3.93. The molecular weight excluding hydrogens is 689 g/mol. The molecule has 5 aliphatic rings. The molecule has 0 radical (unpaired) electrons. The molecule has 1 saturated carbocycles. The van der Waals surface area contributed by atoms with Crippen LogP contribution >= 0.6 is 0 Å². The Bertz CT molecular complexity index is 2040. The Morgan fingerprint density at radius 1 is 1.13 bits per heavy atom. The molecule has 1 fully saturated rings. The summed E-state index contributed by atoms with van der Waals surface area (Å²) in [6, 6.07) is 14.0. The molecule has 8 rings (SSSR count). The maximum absolute atomic E-state index is 15.0. The second-order valence-corrected chi connectivity index (χ2v) is 18.3. The van der Waals surface area contributed by atoms with E-state index in [4.69, 9.17) is 14.2 Å². The molecule has 2 aromatic carbocycles. The average Bonchev–Trinajstić information content (AvgIpc) is 3.52. The number of anilines is 1. The highest BCUT2D eigenvalue weighted by Crippen LogP contribution is 2.47. The average molecular weight is 741 g/mol. The molecule has 1 aromatic heterocycles. The molecule has 10 nitrogen and oxygen atoms in total. The van der Waals surface area contributed by atoms with Gasteiger partial charge < -0.3 is 23.7 Å². The minimum Gasteiger partial charge on any atom is -0.490 e. The predicted octanol–water partition coefficient (Wildman–Crippen LogP) is 6.78. The van der Waals surface area contributed by atoms with Gasteiger partial charge in [0.2, 0.25) is 0 Å². The van der Waals surface area contributed by atoms with Crippen molar-refractivity contribution in [2.45, 2.75) is 89.2 Å². The molecular formula is C42H52N4O6S. The van der Waals surface area contributed by atoms with Crippen LogP contribution in [0.25, 0.3) is 0 Å². The van der Waals surface area contributed by atoms with Crippen LogP contribution in [0.4, 0.5) is 5.69 Å². The van der Waals surface area contributed by atoms with Crippen LogP contribution in [0.2, 0.25) is 0 Å². The number of fused-ring (bicyclic) bond motifs is 5. The molecule has 2 amide bonds. The molecule has 11 heteroatoms. The molecule has 7 atom stereocenters. The number of hydrogen-bond acceptors (Lipinski definition) is 7. The van der Waals surface area contributed by atoms with E-state index in [2.05, 4.69) is 51.3 Å². The van der Waals surface area contributed by atoms with Gasteiger partial charge in [-0.3, -0.25) is 14.3 Å². The van der Waals surface area contributed by atoms with Crippen LogP contribution in [-0.2, 0) is 44.4 Å².